The van der Waals surface area contributed by atoms with E-state index in [2.05, 4.69) is 0 Å². The van der Waals surface area contributed by atoms with E-state index in [1.165, 1.54) is 15.6 Å². The predicted octanol–water partition coefficient (Wildman–Crippen LogP) is 1.43. The van der Waals surface area contributed by atoms with Crippen molar-refractivity contribution in [1.82, 2.24) is 4.31 Å². The smallest absolute Gasteiger partial charge is 0.244 e. The second-order valence-corrected chi connectivity index (χ2v) is 7.87. The molecule has 1 fully saturated rings. The fourth-order valence-electron chi connectivity index (χ4n) is 2.35. The third kappa shape index (κ3) is 2.85. The van der Waals surface area contributed by atoms with Gasteiger partial charge < -0.3 is 9.84 Å². The fourth-order valence-corrected chi connectivity index (χ4v) is 5.20. The van der Waals surface area contributed by atoms with E-state index in [0.717, 1.165) is 12.8 Å². The molecule has 1 aromatic heterocycles. The highest BCUT2D eigenvalue weighted by atomic mass is 32.2. The van der Waals surface area contributed by atoms with Gasteiger partial charge in [-0.15, -0.1) is 11.3 Å². The normalized spacial score (nSPS) is 25.6. The second-order valence-electron chi connectivity index (χ2n) is 4.96. The summed E-state index contributed by atoms with van der Waals surface area (Å²) < 4.78 is 32.1. The van der Waals surface area contributed by atoms with Gasteiger partial charge in [-0.25, -0.2) is 8.42 Å². The molecule has 0 aromatic carbocycles. The Bertz CT molecular complexity index is 540. The van der Waals surface area contributed by atoms with Crippen LogP contribution in [-0.2, 0) is 21.4 Å². The molecular formula is C12H19NO4S2. The molecule has 0 radical (unpaired) electrons. The monoisotopic (exact) mass is 305 g/mol. The molecule has 0 amide bonds. The van der Waals surface area contributed by atoms with Gasteiger partial charge in [-0.3, -0.25) is 0 Å². The molecule has 0 saturated carbocycles. The second kappa shape index (κ2) is 5.49. The minimum absolute atomic E-state index is 0.223. The van der Waals surface area contributed by atoms with Crippen LogP contribution in [0.5, 0.6) is 0 Å². The summed E-state index contributed by atoms with van der Waals surface area (Å²) in [7, 11) is -1.93. The Labute approximate surface area is 117 Å². The van der Waals surface area contributed by atoms with Gasteiger partial charge in [-0.2, -0.15) is 4.31 Å². The van der Waals surface area contributed by atoms with Gasteiger partial charge in [-0.05, 0) is 31.2 Å². The van der Waals surface area contributed by atoms with Crippen molar-refractivity contribution in [3.8, 4) is 0 Å². The molecule has 7 heteroatoms. The first-order chi connectivity index (χ1) is 8.93. The summed E-state index contributed by atoms with van der Waals surface area (Å²) in [6.07, 6.45) is 1.63. The van der Waals surface area contributed by atoms with Gasteiger partial charge in [-0.1, -0.05) is 0 Å². The van der Waals surface area contributed by atoms with Gasteiger partial charge in [0.2, 0.25) is 10.0 Å². The highest BCUT2D eigenvalue weighted by Crippen LogP contribution is 2.31. The van der Waals surface area contributed by atoms with Crippen molar-refractivity contribution in [3.05, 3.63) is 16.3 Å². The molecule has 1 N–H and O–H groups in total. The summed E-state index contributed by atoms with van der Waals surface area (Å²) in [6.45, 7) is 2.53. The minimum atomic E-state index is -3.54. The maximum Gasteiger partial charge on any atom is 0.244 e. The molecule has 0 spiro atoms. The SMILES string of the molecule is COC1(C)CCCN(S(=O)(=O)c2ccsc2CO)C1. The van der Waals surface area contributed by atoms with E-state index in [-0.39, 0.29) is 11.5 Å². The lowest BCUT2D eigenvalue weighted by atomic mass is 9.96. The van der Waals surface area contributed by atoms with Crippen molar-refractivity contribution in [3.63, 3.8) is 0 Å². The van der Waals surface area contributed by atoms with Crippen LogP contribution in [0.25, 0.3) is 0 Å². The van der Waals surface area contributed by atoms with E-state index in [0.29, 0.717) is 18.0 Å². The number of nitrogens with zero attached hydrogens (tertiary/aromatic N) is 1. The Hall–Kier alpha value is -0.470. The molecule has 1 aromatic rings. The quantitative estimate of drug-likeness (QED) is 0.914. The molecule has 1 aliphatic rings. The maximum atomic E-state index is 12.6. The first-order valence-electron chi connectivity index (χ1n) is 6.15. The van der Waals surface area contributed by atoms with E-state index in [4.69, 9.17) is 4.74 Å². The highest BCUT2D eigenvalue weighted by molar-refractivity contribution is 7.89. The number of aliphatic hydroxyl groups is 1. The Morgan fingerprint density at radius 2 is 2.32 bits per heavy atom. The number of sulfonamides is 1. The van der Waals surface area contributed by atoms with Gasteiger partial charge in [0.05, 0.1) is 17.1 Å². The van der Waals surface area contributed by atoms with Gasteiger partial charge in [0.25, 0.3) is 0 Å². The fraction of sp³-hybridized carbons (Fsp3) is 0.667. The zero-order valence-electron chi connectivity index (χ0n) is 11.1. The lowest BCUT2D eigenvalue weighted by Crippen LogP contribution is -2.49. The van der Waals surface area contributed by atoms with Crippen LogP contribution >= 0.6 is 11.3 Å². The first kappa shape index (κ1) is 14.9. The summed E-state index contributed by atoms with van der Waals surface area (Å²) >= 11 is 1.26. The van der Waals surface area contributed by atoms with Crippen LogP contribution < -0.4 is 0 Å². The summed E-state index contributed by atoms with van der Waals surface area (Å²) in [4.78, 5) is 0.713. The number of rotatable bonds is 4. The standard InChI is InChI=1S/C12H19NO4S2/c1-12(17-2)5-3-6-13(9-12)19(15,16)11-4-7-18-10(11)8-14/h4,7,14H,3,5-6,8-9H2,1-2H3. The van der Waals surface area contributed by atoms with E-state index in [1.807, 2.05) is 6.92 Å². The third-order valence-electron chi connectivity index (χ3n) is 3.58. The van der Waals surface area contributed by atoms with Crippen LogP contribution in [0.1, 0.15) is 24.6 Å². The average molecular weight is 305 g/mol. The maximum absolute atomic E-state index is 12.6. The van der Waals surface area contributed by atoms with Crippen molar-refractivity contribution < 1.29 is 18.3 Å². The number of thiophene rings is 1. The van der Waals surface area contributed by atoms with Crippen LogP contribution in [0.15, 0.2) is 16.3 Å². The molecule has 2 heterocycles. The van der Waals surface area contributed by atoms with Crippen molar-refractivity contribution in [2.75, 3.05) is 20.2 Å². The number of hydrogen-bond acceptors (Lipinski definition) is 5. The Morgan fingerprint density at radius 3 is 2.95 bits per heavy atom. The van der Waals surface area contributed by atoms with Crippen molar-refractivity contribution in [1.29, 1.82) is 0 Å². The number of methoxy groups -OCH3 is 1. The molecule has 19 heavy (non-hydrogen) atoms. The first-order valence-corrected chi connectivity index (χ1v) is 8.47. The Kier molecular flexibility index (Phi) is 4.32. The summed E-state index contributed by atoms with van der Waals surface area (Å²) in [5.41, 5.74) is -0.430. The lowest BCUT2D eigenvalue weighted by molar-refractivity contribution is -0.0319. The van der Waals surface area contributed by atoms with Crippen LogP contribution in [-0.4, -0.2) is 43.6 Å². The molecule has 1 atom stereocenters. The van der Waals surface area contributed by atoms with E-state index < -0.39 is 15.6 Å². The number of hydrogen-bond donors (Lipinski definition) is 1. The molecule has 1 aliphatic heterocycles. The summed E-state index contributed by atoms with van der Waals surface area (Å²) in [6, 6.07) is 1.56. The molecular weight excluding hydrogens is 286 g/mol. The van der Waals surface area contributed by atoms with Crippen molar-refractivity contribution in [2.45, 2.75) is 36.9 Å². The molecule has 1 saturated heterocycles. The largest absolute Gasteiger partial charge is 0.391 e. The van der Waals surface area contributed by atoms with Crippen LogP contribution in [0.3, 0.4) is 0 Å². The summed E-state index contributed by atoms with van der Waals surface area (Å²) in [5, 5.41) is 10.9. The molecule has 0 aliphatic carbocycles. The zero-order valence-corrected chi connectivity index (χ0v) is 12.8. The summed E-state index contributed by atoms with van der Waals surface area (Å²) in [5.74, 6) is 0. The minimum Gasteiger partial charge on any atom is -0.391 e. The molecule has 5 nitrogen and oxygen atoms in total. The topological polar surface area (TPSA) is 66.8 Å². The van der Waals surface area contributed by atoms with E-state index in [1.54, 1.807) is 18.6 Å². The molecule has 2 rings (SSSR count). The molecule has 1 unspecified atom stereocenters. The predicted molar refractivity (Wildman–Crippen MR) is 73.6 cm³/mol. The molecule has 108 valence electrons. The Morgan fingerprint density at radius 1 is 1.58 bits per heavy atom. The van der Waals surface area contributed by atoms with Crippen molar-refractivity contribution in [2.24, 2.45) is 0 Å². The van der Waals surface area contributed by atoms with Gasteiger partial charge in [0.15, 0.2) is 0 Å². The molecule has 0 bridgehead atoms. The van der Waals surface area contributed by atoms with Crippen LogP contribution in [0, 0.1) is 0 Å². The van der Waals surface area contributed by atoms with E-state index >= 15 is 0 Å². The van der Waals surface area contributed by atoms with Gasteiger partial charge in [0.1, 0.15) is 0 Å². The highest BCUT2D eigenvalue weighted by Gasteiger charge is 2.37. The lowest BCUT2D eigenvalue weighted by Gasteiger charge is -2.38. The van der Waals surface area contributed by atoms with Gasteiger partial charge in [0, 0.05) is 25.1 Å². The van der Waals surface area contributed by atoms with Crippen LogP contribution in [0.4, 0.5) is 0 Å². The average Bonchev–Trinajstić information content (AvgIpc) is 2.88. The number of ether oxygens (including phenoxy) is 1. The van der Waals surface area contributed by atoms with Gasteiger partial charge >= 0.3 is 0 Å². The van der Waals surface area contributed by atoms with Crippen LogP contribution in [0.2, 0.25) is 0 Å². The third-order valence-corrected chi connectivity index (χ3v) is 6.55. The zero-order chi connectivity index (χ0) is 14.1. The van der Waals surface area contributed by atoms with E-state index in [9.17, 15) is 13.5 Å². The van der Waals surface area contributed by atoms with Crippen molar-refractivity contribution >= 4 is 21.4 Å². The Balaban J connectivity index is 2.30. The number of piperidine rings is 1. The number of aliphatic hydroxyl groups excluding tert-OH is 1.